The molecule has 64 heavy (non-hydrogen) atoms. The largest absolute Gasteiger partial charge is 0.457 e. The van der Waals surface area contributed by atoms with Gasteiger partial charge < -0.3 is 14.5 Å². The fraction of sp³-hybridized carbons (Fsp3) is 0.0164. The van der Waals surface area contributed by atoms with Crippen LogP contribution in [0.4, 0.5) is 34.1 Å². The van der Waals surface area contributed by atoms with Crippen LogP contribution in [0.3, 0.4) is 0 Å². The highest BCUT2D eigenvalue weighted by molar-refractivity contribution is 5.93. The molecule has 0 radical (unpaired) electrons. The summed E-state index contributed by atoms with van der Waals surface area (Å²) in [7, 11) is 0. The summed E-state index contributed by atoms with van der Waals surface area (Å²) in [5.74, 6) is 1.73. The van der Waals surface area contributed by atoms with Crippen LogP contribution in [0, 0.1) is 0 Å². The molecular formula is C61H42N2O. The fourth-order valence-electron chi connectivity index (χ4n) is 10.1. The van der Waals surface area contributed by atoms with Gasteiger partial charge in [0.25, 0.3) is 0 Å². The second kappa shape index (κ2) is 15.5. The van der Waals surface area contributed by atoms with E-state index in [1.165, 1.54) is 44.5 Å². The Kier molecular flexibility index (Phi) is 9.05. The molecule has 0 bridgehead atoms. The van der Waals surface area contributed by atoms with Gasteiger partial charge >= 0.3 is 0 Å². The molecule has 0 saturated heterocycles. The first kappa shape index (κ1) is 37.4. The Morgan fingerprint density at radius 2 is 0.562 bits per heavy atom. The molecule has 0 amide bonds. The van der Waals surface area contributed by atoms with E-state index >= 15 is 0 Å². The van der Waals surface area contributed by atoms with E-state index in [0.29, 0.717) is 0 Å². The summed E-state index contributed by atoms with van der Waals surface area (Å²) in [5, 5.41) is 0. The Bertz CT molecular complexity index is 3050. The molecule has 1 aliphatic carbocycles. The zero-order chi connectivity index (χ0) is 42.5. The first-order chi connectivity index (χ1) is 31.7. The normalized spacial score (nSPS) is 12.6. The van der Waals surface area contributed by atoms with E-state index in [1.807, 2.05) is 0 Å². The SMILES string of the molecule is c1ccc(-c2ccc(N(c3ccccc3)c3ccc4c(c3)C3(c5ccccc5Oc5ccccc53)c3cc(N(c5ccccc5)c5ccc(-c6ccccc6)cc5)ccc3-4)cc2)cc1. The van der Waals surface area contributed by atoms with Crippen molar-refractivity contribution < 1.29 is 4.74 Å². The lowest BCUT2D eigenvalue weighted by Crippen LogP contribution is -2.32. The Morgan fingerprint density at radius 1 is 0.250 bits per heavy atom. The van der Waals surface area contributed by atoms with Crippen LogP contribution >= 0.6 is 0 Å². The highest BCUT2D eigenvalue weighted by atomic mass is 16.5. The fourth-order valence-corrected chi connectivity index (χ4v) is 10.1. The van der Waals surface area contributed by atoms with E-state index in [1.54, 1.807) is 0 Å². The smallest absolute Gasteiger partial charge is 0.132 e. The van der Waals surface area contributed by atoms with Gasteiger partial charge in [0.15, 0.2) is 0 Å². The van der Waals surface area contributed by atoms with E-state index in [0.717, 1.165) is 56.8 Å². The monoisotopic (exact) mass is 818 g/mol. The van der Waals surface area contributed by atoms with Crippen molar-refractivity contribution in [1.29, 1.82) is 0 Å². The van der Waals surface area contributed by atoms with Crippen LogP contribution in [0.15, 0.2) is 255 Å². The molecule has 12 rings (SSSR count). The van der Waals surface area contributed by atoms with Crippen molar-refractivity contribution in [1.82, 2.24) is 0 Å². The lowest BCUT2D eigenvalue weighted by Gasteiger charge is -2.40. The third-order valence-corrected chi connectivity index (χ3v) is 12.9. The van der Waals surface area contributed by atoms with Gasteiger partial charge in [-0.05, 0) is 129 Å². The van der Waals surface area contributed by atoms with E-state index in [-0.39, 0.29) is 0 Å². The molecule has 0 unspecified atom stereocenters. The number of anilines is 6. The quantitative estimate of drug-likeness (QED) is 0.152. The van der Waals surface area contributed by atoms with Gasteiger partial charge in [-0.3, -0.25) is 0 Å². The maximum atomic E-state index is 6.80. The highest BCUT2D eigenvalue weighted by Crippen LogP contribution is 2.63. The Morgan fingerprint density at radius 3 is 0.969 bits per heavy atom. The summed E-state index contributed by atoms with van der Waals surface area (Å²) in [6, 6.07) is 91.8. The van der Waals surface area contributed by atoms with Crippen molar-refractivity contribution in [3.63, 3.8) is 0 Å². The number of fused-ring (bicyclic) bond motifs is 9. The number of ether oxygens (including phenoxy) is 1. The third kappa shape index (κ3) is 6.13. The number of benzene rings is 10. The van der Waals surface area contributed by atoms with Crippen molar-refractivity contribution in [3.05, 3.63) is 277 Å². The first-order valence-electron chi connectivity index (χ1n) is 21.9. The van der Waals surface area contributed by atoms with Crippen LogP contribution in [0.5, 0.6) is 11.5 Å². The second-order valence-electron chi connectivity index (χ2n) is 16.5. The Hall–Kier alpha value is -8.40. The van der Waals surface area contributed by atoms with Crippen LogP contribution < -0.4 is 14.5 Å². The first-order valence-corrected chi connectivity index (χ1v) is 21.9. The highest BCUT2D eigenvalue weighted by Gasteiger charge is 2.51. The van der Waals surface area contributed by atoms with E-state index in [4.69, 9.17) is 4.74 Å². The zero-order valence-electron chi connectivity index (χ0n) is 35.1. The summed E-state index contributed by atoms with van der Waals surface area (Å²) in [6.07, 6.45) is 0. The zero-order valence-corrected chi connectivity index (χ0v) is 35.1. The van der Waals surface area contributed by atoms with Gasteiger partial charge in [0.1, 0.15) is 11.5 Å². The number of para-hydroxylation sites is 4. The average Bonchev–Trinajstić information content (AvgIpc) is 3.65. The summed E-state index contributed by atoms with van der Waals surface area (Å²) >= 11 is 0. The van der Waals surface area contributed by atoms with Crippen LogP contribution in [0.25, 0.3) is 33.4 Å². The molecule has 0 fully saturated rings. The van der Waals surface area contributed by atoms with Crippen molar-refractivity contribution >= 4 is 34.1 Å². The van der Waals surface area contributed by atoms with Gasteiger partial charge in [0.2, 0.25) is 0 Å². The van der Waals surface area contributed by atoms with Crippen LogP contribution in [-0.4, -0.2) is 0 Å². The van der Waals surface area contributed by atoms with Crippen LogP contribution in [-0.2, 0) is 5.41 Å². The topological polar surface area (TPSA) is 15.7 Å². The predicted molar refractivity (Wildman–Crippen MR) is 264 cm³/mol. The maximum Gasteiger partial charge on any atom is 0.132 e. The van der Waals surface area contributed by atoms with Crippen molar-refractivity contribution in [3.8, 4) is 44.9 Å². The third-order valence-electron chi connectivity index (χ3n) is 12.9. The van der Waals surface area contributed by atoms with Gasteiger partial charge in [-0.25, -0.2) is 0 Å². The minimum absolute atomic E-state index is 0.693. The molecule has 1 aliphatic heterocycles. The minimum atomic E-state index is -0.693. The molecule has 3 heteroatoms. The summed E-state index contributed by atoms with van der Waals surface area (Å²) in [5.41, 5.74) is 17.7. The van der Waals surface area contributed by atoms with Gasteiger partial charge in [0.05, 0.1) is 5.41 Å². The molecule has 3 nitrogen and oxygen atoms in total. The molecular weight excluding hydrogens is 777 g/mol. The average molecular weight is 819 g/mol. The Labute approximate surface area is 374 Å². The Balaban J connectivity index is 1.07. The van der Waals surface area contributed by atoms with E-state index in [9.17, 15) is 0 Å². The molecule has 0 aromatic heterocycles. The van der Waals surface area contributed by atoms with Gasteiger partial charge in [-0.15, -0.1) is 0 Å². The summed E-state index contributed by atoms with van der Waals surface area (Å²) in [6.45, 7) is 0. The molecule has 302 valence electrons. The number of hydrogen-bond acceptors (Lipinski definition) is 3. The van der Waals surface area contributed by atoms with Crippen LogP contribution in [0.1, 0.15) is 22.3 Å². The van der Waals surface area contributed by atoms with Gasteiger partial charge in [-0.1, -0.05) is 170 Å². The van der Waals surface area contributed by atoms with Crippen LogP contribution in [0.2, 0.25) is 0 Å². The predicted octanol–water partition coefficient (Wildman–Crippen LogP) is 16.4. The maximum absolute atomic E-state index is 6.80. The van der Waals surface area contributed by atoms with Gasteiger partial charge in [-0.2, -0.15) is 0 Å². The van der Waals surface area contributed by atoms with E-state index in [2.05, 4.69) is 265 Å². The summed E-state index contributed by atoms with van der Waals surface area (Å²) in [4.78, 5) is 4.76. The molecule has 2 aliphatic rings. The minimum Gasteiger partial charge on any atom is -0.457 e. The summed E-state index contributed by atoms with van der Waals surface area (Å²) < 4.78 is 6.80. The molecule has 0 saturated carbocycles. The van der Waals surface area contributed by atoms with Crippen molar-refractivity contribution in [2.45, 2.75) is 5.41 Å². The standard InChI is InChI=1S/C61H42N2O/c1-5-17-43(18-6-1)45-29-33-49(34-30-45)62(47-21-9-3-10-22-47)51-37-39-53-54-40-38-52(63(48-23-11-4-12-24-48)50-35-31-46(32-36-50)44-19-7-2-8-20-44)42-58(54)61(57(53)41-51)55-25-13-15-27-59(55)64-60-28-16-14-26-56(60)61/h1-42H. The van der Waals surface area contributed by atoms with Crippen molar-refractivity contribution in [2.24, 2.45) is 0 Å². The van der Waals surface area contributed by atoms with Crippen molar-refractivity contribution in [2.75, 3.05) is 9.80 Å². The number of nitrogens with zero attached hydrogens (tertiary/aromatic N) is 2. The number of hydrogen-bond donors (Lipinski definition) is 0. The molecule has 1 spiro atoms. The molecule has 0 N–H and O–H groups in total. The lowest BCUT2D eigenvalue weighted by atomic mass is 9.66. The molecule has 1 heterocycles. The molecule has 0 atom stereocenters. The number of rotatable bonds is 8. The molecule has 10 aromatic carbocycles. The lowest BCUT2D eigenvalue weighted by molar-refractivity contribution is 0.436. The van der Waals surface area contributed by atoms with E-state index < -0.39 is 5.41 Å². The van der Waals surface area contributed by atoms with Gasteiger partial charge in [0, 0.05) is 45.3 Å². The second-order valence-corrected chi connectivity index (χ2v) is 16.5. The molecule has 10 aromatic rings.